The zero-order chi connectivity index (χ0) is 38.2. The van der Waals surface area contributed by atoms with Crippen molar-refractivity contribution in [2.24, 2.45) is 11.8 Å². The number of aryl methyl sites for hydroxylation is 4. The van der Waals surface area contributed by atoms with Crippen molar-refractivity contribution < 1.29 is 20.4 Å². The van der Waals surface area contributed by atoms with Crippen molar-refractivity contribution in [1.29, 1.82) is 0 Å². The van der Waals surface area contributed by atoms with Gasteiger partial charge in [0, 0.05) is 10.8 Å². The molecule has 0 saturated heterocycles. The minimum atomic E-state index is -0.191. The zero-order valence-electron chi connectivity index (χ0n) is 33.9. The van der Waals surface area contributed by atoms with E-state index in [2.05, 4.69) is 55.4 Å². The summed E-state index contributed by atoms with van der Waals surface area (Å²) in [5.74, 6) is 2.71. The van der Waals surface area contributed by atoms with Gasteiger partial charge in [-0.1, -0.05) is 0 Å². The number of rotatable bonds is 5. The lowest BCUT2D eigenvalue weighted by atomic mass is 9.54. The number of benzene rings is 4. The van der Waals surface area contributed by atoms with E-state index < -0.39 is 0 Å². The maximum atomic E-state index is 10.8. The highest BCUT2D eigenvalue weighted by atomic mass is 16.3. The summed E-state index contributed by atoms with van der Waals surface area (Å²) in [6.07, 6.45) is 8.74. The first kappa shape index (κ1) is 37.8. The standard InChI is InChI=1S/C48H62O4/c1-25-21-39(49)29(5)33(9)43(25)47(44-26(2)22-40(50)30(6)34(44)10)17-13-37(14-18-47)38-15-19-48(20-16-38,45-27(3)23-41(51)31(7)35(45)11)46-28(4)24-42(52)32(8)36(46)12/h21-24,37-38,49-52H,13-20H2,1-12H3. The third kappa shape index (κ3) is 5.71. The van der Waals surface area contributed by atoms with Crippen LogP contribution in [0.5, 0.6) is 23.0 Å². The maximum absolute atomic E-state index is 10.8. The highest BCUT2D eigenvalue weighted by molar-refractivity contribution is 5.62. The normalized spacial score (nSPS) is 17.8. The average molecular weight is 703 g/mol. The van der Waals surface area contributed by atoms with Crippen LogP contribution in [0.3, 0.4) is 0 Å². The summed E-state index contributed by atoms with van der Waals surface area (Å²) >= 11 is 0. The van der Waals surface area contributed by atoms with Gasteiger partial charge >= 0.3 is 0 Å². The molecule has 0 aliphatic heterocycles. The van der Waals surface area contributed by atoms with E-state index >= 15 is 0 Å². The van der Waals surface area contributed by atoms with Gasteiger partial charge in [0.05, 0.1) is 0 Å². The van der Waals surface area contributed by atoms with Crippen LogP contribution in [-0.4, -0.2) is 20.4 Å². The number of aromatic hydroxyl groups is 4. The molecule has 0 atom stereocenters. The molecule has 2 aliphatic carbocycles. The first-order valence-electron chi connectivity index (χ1n) is 19.6. The molecule has 0 aromatic heterocycles. The minimum Gasteiger partial charge on any atom is -0.508 e. The second-order valence-electron chi connectivity index (χ2n) is 17.2. The van der Waals surface area contributed by atoms with Crippen LogP contribution in [0.2, 0.25) is 0 Å². The first-order valence-corrected chi connectivity index (χ1v) is 19.6. The lowest BCUT2D eigenvalue weighted by molar-refractivity contribution is 0.139. The van der Waals surface area contributed by atoms with E-state index in [0.717, 1.165) is 95.9 Å². The van der Waals surface area contributed by atoms with Gasteiger partial charge in [0.2, 0.25) is 0 Å². The molecule has 4 nitrogen and oxygen atoms in total. The van der Waals surface area contributed by atoms with Crippen LogP contribution in [0.15, 0.2) is 24.3 Å². The van der Waals surface area contributed by atoms with Crippen LogP contribution < -0.4 is 0 Å². The molecule has 2 saturated carbocycles. The minimum absolute atomic E-state index is 0.191. The molecule has 0 bridgehead atoms. The fourth-order valence-corrected chi connectivity index (χ4v) is 11.6. The Balaban J connectivity index is 1.40. The molecule has 4 heteroatoms. The second-order valence-corrected chi connectivity index (χ2v) is 17.2. The molecule has 4 aromatic carbocycles. The van der Waals surface area contributed by atoms with Gasteiger partial charge in [-0.25, -0.2) is 0 Å². The van der Waals surface area contributed by atoms with E-state index in [4.69, 9.17) is 0 Å². The van der Waals surface area contributed by atoms with Gasteiger partial charge in [-0.3, -0.25) is 0 Å². The van der Waals surface area contributed by atoms with Crippen LogP contribution in [0.4, 0.5) is 0 Å². The summed E-state index contributed by atoms with van der Waals surface area (Å²) in [5, 5.41) is 43.3. The summed E-state index contributed by atoms with van der Waals surface area (Å²) in [6.45, 7) is 25.6. The van der Waals surface area contributed by atoms with Gasteiger partial charge in [-0.2, -0.15) is 0 Å². The lowest BCUT2D eigenvalue weighted by Crippen LogP contribution is -2.41. The van der Waals surface area contributed by atoms with Gasteiger partial charge in [0.1, 0.15) is 23.0 Å². The summed E-state index contributed by atoms with van der Waals surface area (Å²) in [6, 6.07) is 7.87. The molecule has 6 rings (SSSR count). The SMILES string of the molecule is Cc1cc(O)c(C)c(C)c1C1(c2c(C)cc(O)c(C)c2C)CCC(C2CCC(c3c(C)cc(O)c(C)c3C)(c3c(C)cc(O)c(C)c3C)CC2)CC1. The third-order valence-electron chi connectivity index (χ3n) is 14.6. The molecular weight excluding hydrogens is 641 g/mol. The predicted molar refractivity (Wildman–Crippen MR) is 215 cm³/mol. The number of phenols is 4. The topological polar surface area (TPSA) is 80.9 Å². The molecule has 0 spiro atoms. The summed E-state index contributed by atoms with van der Waals surface area (Å²) in [5.41, 5.74) is 18.3. The Bertz CT molecular complexity index is 1790. The first-order chi connectivity index (χ1) is 24.4. The average Bonchev–Trinajstić information content (AvgIpc) is 3.08. The molecule has 0 radical (unpaired) electrons. The second kappa shape index (κ2) is 13.5. The highest BCUT2D eigenvalue weighted by Gasteiger charge is 2.48. The Morgan fingerprint density at radius 1 is 0.346 bits per heavy atom. The molecule has 0 amide bonds. The molecule has 4 aromatic rings. The number of hydrogen-bond donors (Lipinski definition) is 4. The summed E-state index contributed by atoms with van der Waals surface area (Å²) < 4.78 is 0. The number of phenolic OH excluding ortho intramolecular Hbond substituents is 4. The van der Waals surface area contributed by atoms with Gasteiger partial charge in [-0.05, 0) is 260 Å². The van der Waals surface area contributed by atoms with Crippen molar-refractivity contribution in [3.8, 4) is 23.0 Å². The maximum Gasteiger partial charge on any atom is 0.119 e. The molecule has 4 N–H and O–H groups in total. The van der Waals surface area contributed by atoms with Crippen molar-refractivity contribution in [1.82, 2.24) is 0 Å². The van der Waals surface area contributed by atoms with E-state index in [1.807, 2.05) is 52.0 Å². The fraction of sp³-hybridized carbons (Fsp3) is 0.500. The van der Waals surface area contributed by atoms with Crippen molar-refractivity contribution in [2.75, 3.05) is 0 Å². The lowest BCUT2D eigenvalue weighted by Gasteiger charge is -2.50. The van der Waals surface area contributed by atoms with Crippen molar-refractivity contribution in [3.05, 3.63) is 113 Å². The van der Waals surface area contributed by atoms with Gasteiger partial charge in [0.15, 0.2) is 0 Å². The Morgan fingerprint density at radius 2 is 0.538 bits per heavy atom. The largest absolute Gasteiger partial charge is 0.508 e. The van der Waals surface area contributed by atoms with Gasteiger partial charge in [-0.15, -0.1) is 0 Å². The van der Waals surface area contributed by atoms with Crippen LogP contribution in [0.25, 0.3) is 0 Å². The van der Waals surface area contributed by atoms with Crippen LogP contribution in [0, 0.1) is 94.9 Å². The van der Waals surface area contributed by atoms with Crippen LogP contribution >= 0.6 is 0 Å². The molecule has 2 fully saturated rings. The smallest absolute Gasteiger partial charge is 0.119 e. The quantitative estimate of drug-likeness (QED) is 0.167. The van der Waals surface area contributed by atoms with E-state index in [1.165, 1.54) is 44.5 Å². The predicted octanol–water partition coefficient (Wildman–Crippen LogP) is 11.9. The van der Waals surface area contributed by atoms with E-state index in [-0.39, 0.29) is 10.8 Å². The molecular formula is C48H62O4. The molecule has 278 valence electrons. The molecule has 2 aliphatic rings. The van der Waals surface area contributed by atoms with Gasteiger partial charge < -0.3 is 20.4 Å². The highest BCUT2D eigenvalue weighted by Crippen LogP contribution is 2.58. The van der Waals surface area contributed by atoms with E-state index in [1.54, 1.807) is 0 Å². The summed E-state index contributed by atoms with van der Waals surface area (Å²) in [4.78, 5) is 0. The number of hydrogen-bond acceptors (Lipinski definition) is 4. The summed E-state index contributed by atoms with van der Waals surface area (Å²) in [7, 11) is 0. The van der Waals surface area contributed by atoms with E-state index in [9.17, 15) is 20.4 Å². The van der Waals surface area contributed by atoms with E-state index in [0.29, 0.717) is 34.8 Å². The van der Waals surface area contributed by atoms with Crippen LogP contribution in [0.1, 0.15) is 140 Å². The van der Waals surface area contributed by atoms with Crippen molar-refractivity contribution in [2.45, 2.75) is 145 Å². The van der Waals surface area contributed by atoms with Crippen molar-refractivity contribution in [3.63, 3.8) is 0 Å². The molecule has 52 heavy (non-hydrogen) atoms. The zero-order valence-corrected chi connectivity index (χ0v) is 33.9. The fourth-order valence-electron chi connectivity index (χ4n) is 11.6. The molecule has 0 heterocycles. The Labute approximate surface area is 313 Å². The molecule has 0 unspecified atom stereocenters. The Hall–Kier alpha value is -3.92. The van der Waals surface area contributed by atoms with Crippen molar-refractivity contribution >= 4 is 0 Å². The Morgan fingerprint density at radius 3 is 0.731 bits per heavy atom. The third-order valence-corrected chi connectivity index (χ3v) is 14.6. The van der Waals surface area contributed by atoms with Crippen LogP contribution in [-0.2, 0) is 10.8 Å². The van der Waals surface area contributed by atoms with Gasteiger partial charge in [0.25, 0.3) is 0 Å². The Kier molecular flexibility index (Phi) is 9.81. The monoisotopic (exact) mass is 702 g/mol.